The molecule has 1 unspecified atom stereocenters. The van der Waals surface area contributed by atoms with Crippen LogP contribution in [0.4, 0.5) is 4.39 Å². The molecule has 1 aromatic rings. The number of rotatable bonds is 4. The maximum atomic E-state index is 13.9. The normalized spacial score (nSPS) is 16.2. The summed E-state index contributed by atoms with van der Waals surface area (Å²) in [6.45, 7) is 6.81. The molecule has 0 spiro atoms. The molecular weight excluding hydrogens is 337 g/mol. The van der Waals surface area contributed by atoms with Gasteiger partial charge < -0.3 is 15.1 Å². The predicted molar refractivity (Wildman–Crippen MR) is 95.9 cm³/mol. The zero-order valence-corrected chi connectivity index (χ0v) is 15.5. The number of amides is 3. The Morgan fingerprint density at radius 2 is 1.65 bits per heavy atom. The predicted octanol–water partition coefficient (Wildman–Crippen LogP) is 1.66. The van der Waals surface area contributed by atoms with Crippen molar-refractivity contribution in [3.63, 3.8) is 0 Å². The first-order valence-electron chi connectivity index (χ1n) is 8.91. The summed E-state index contributed by atoms with van der Waals surface area (Å²) in [5, 5.41) is 2.70. The highest BCUT2D eigenvalue weighted by molar-refractivity contribution is 5.94. The van der Waals surface area contributed by atoms with Crippen LogP contribution in [-0.2, 0) is 9.59 Å². The molecule has 0 saturated carbocycles. The molecule has 0 aliphatic carbocycles. The number of carbonyl (C=O) groups excluding carboxylic acids is 3. The molecule has 26 heavy (non-hydrogen) atoms. The highest BCUT2D eigenvalue weighted by Crippen LogP contribution is 2.14. The first-order valence-corrected chi connectivity index (χ1v) is 8.91. The van der Waals surface area contributed by atoms with Gasteiger partial charge in [-0.2, -0.15) is 0 Å². The van der Waals surface area contributed by atoms with Gasteiger partial charge in [-0.15, -0.1) is 0 Å². The van der Waals surface area contributed by atoms with Crippen molar-refractivity contribution < 1.29 is 18.8 Å². The lowest BCUT2D eigenvalue weighted by atomic mass is 10.0. The summed E-state index contributed by atoms with van der Waals surface area (Å²) in [4.78, 5) is 40.0. The number of halogens is 1. The van der Waals surface area contributed by atoms with E-state index in [-0.39, 0.29) is 29.2 Å². The highest BCUT2D eigenvalue weighted by atomic mass is 19.1. The number of nitrogens with zero attached hydrogens (tertiary/aromatic N) is 2. The first-order chi connectivity index (χ1) is 12.3. The Hall–Kier alpha value is -2.44. The topological polar surface area (TPSA) is 69.7 Å². The van der Waals surface area contributed by atoms with Crippen LogP contribution < -0.4 is 5.32 Å². The molecule has 6 nitrogen and oxygen atoms in total. The van der Waals surface area contributed by atoms with Crippen LogP contribution in [-0.4, -0.2) is 59.7 Å². The lowest BCUT2D eigenvalue weighted by Gasteiger charge is -2.28. The third-order valence-corrected chi connectivity index (χ3v) is 4.49. The van der Waals surface area contributed by atoms with E-state index in [4.69, 9.17) is 0 Å². The minimum Gasteiger partial charge on any atom is -0.344 e. The molecule has 1 saturated heterocycles. The lowest BCUT2D eigenvalue weighted by Crippen LogP contribution is -2.51. The standard InChI is InChI=1S/C19H26FN3O3/c1-13(2)17(21-14(3)24)19(26)23-10-6-9-22(11-12-23)18(25)15-7-4-5-8-16(15)20/h4-5,7-8,13,17H,6,9-12H2,1-3H3,(H,21,24). The minimum atomic E-state index is -0.582. The Morgan fingerprint density at radius 3 is 2.27 bits per heavy atom. The SMILES string of the molecule is CC(=O)NC(C(=O)N1CCCN(C(=O)c2ccccc2F)CC1)C(C)C. The van der Waals surface area contributed by atoms with E-state index in [9.17, 15) is 18.8 Å². The van der Waals surface area contributed by atoms with E-state index in [0.717, 1.165) is 0 Å². The maximum absolute atomic E-state index is 13.9. The second kappa shape index (κ2) is 8.78. The van der Waals surface area contributed by atoms with Gasteiger partial charge in [-0.1, -0.05) is 26.0 Å². The van der Waals surface area contributed by atoms with Gasteiger partial charge in [-0.3, -0.25) is 14.4 Å². The zero-order chi connectivity index (χ0) is 19.3. The molecule has 0 aromatic heterocycles. The number of benzene rings is 1. The largest absolute Gasteiger partial charge is 0.344 e. The fourth-order valence-electron chi connectivity index (χ4n) is 3.08. The van der Waals surface area contributed by atoms with Crippen LogP contribution in [0, 0.1) is 11.7 Å². The zero-order valence-electron chi connectivity index (χ0n) is 15.5. The number of nitrogens with one attached hydrogen (secondary N) is 1. The molecular formula is C19H26FN3O3. The van der Waals surface area contributed by atoms with Crippen LogP contribution in [0.15, 0.2) is 24.3 Å². The van der Waals surface area contributed by atoms with Crippen molar-refractivity contribution in [2.24, 2.45) is 5.92 Å². The molecule has 3 amide bonds. The van der Waals surface area contributed by atoms with Gasteiger partial charge in [0.15, 0.2) is 0 Å². The Kier molecular flexibility index (Phi) is 6.71. The summed E-state index contributed by atoms with van der Waals surface area (Å²) in [5.74, 6) is -1.33. The lowest BCUT2D eigenvalue weighted by molar-refractivity contribution is -0.137. The molecule has 7 heteroatoms. The van der Waals surface area contributed by atoms with E-state index in [1.54, 1.807) is 21.9 Å². The van der Waals surface area contributed by atoms with Crippen LogP contribution in [0.2, 0.25) is 0 Å². The van der Waals surface area contributed by atoms with Crippen LogP contribution in [0.5, 0.6) is 0 Å². The van der Waals surface area contributed by atoms with Gasteiger partial charge in [0, 0.05) is 33.1 Å². The van der Waals surface area contributed by atoms with Crippen molar-refractivity contribution >= 4 is 17.7 Å². The van der Waals surface area contributed by atoms with Gasteiger partial charge in [-0.25, -0.2) is 4.39 Å². The number of carbonyl (C=O) groups is 3. The second-order valence-corrected chi connectivity index (χ2v) is 6.87. The summed E-state index contributed by atoms with van der Waals surface area (Å²) in [6.07, 6.45) is 0.608. The smallest absolute Gasteiger partial charge is 0.256 e. The van der Waals surface area contributed by atoms with Crippen LogP contribution in [0.3, 0.4) is 0 Å². The summed E-state index contributed by atoms with van der Waals surface area (Å²) in [7, 11) is 0. The Morgan fingerprint density at radius 1 is 1.04 bits per heavy atom. The van der Waals surface area contributed by atoms with Crippen LogP contribution in [0.25, 0.3) is 0 Å². The molecule has 142 valence electrons. The molecule has 1 aliphatic rings. The van der Waals surface area contributed by atoms with E-state index < -0.39 is 11.9 Å². The van der Waals surface area contributed by atoms with Crippen molar-refractivity contribution in [1.82, 2.24) is 15.1 Å². The average molecular weight is 363 g/mol. The molecule has 2 rings (SSSR count). The molecule has 1 aromatic carbocycles. The fourth-order valence-corrected chi connectivity index (χ4v) is 3.08. The quantitative estimate of drug-likeness (QED) is 0.885. The van der Waals surface area contributed by atoms with Gasteiger partial charge in [-0.05, 0) is 24.5 Å². The van der Waals surface area contributed by atoms with Crippen molar-refractivity contribution in [3.05, 3.63) is 35.6 Å². The van der Waals surface area contributed by atoms with E-state index >= 15 is 0 Å². The fraction of sp³-hybridized carbons (Fsp3) is 0.526. The van der Waals surface area contributed by atoms with Crippen molar-refractivity contribution in [2.75, 3.05) is 26.2 Å². The van der Waals surface area contributed by atoms with Gasteiger partial charge in [0.25, 0.3) is 5.91 Å². The van der Waals surface area contributed by atoms with E-state index in [1.165, 1.54) is 19.1 Å². The van der Waals surface area contributed by atoms with Crippen LogP contribution in [0.1, 0.15) is 37.6 Å². The van der Waals surface area contributed by atoms with E-state index in [2.05, 4.69) is 5.32 Å². The molecule has 1 N–H and O–H groups in total. The first kappa shape index (κ1) is 19.9. The third kappa shape index (κ3) is 4.80. The van der Waals surface area contributed by atoms with Gasteiger partial charge >= 0.3 is 0 Å². The van der Waals surface area contributed by atoms with Gasteiger partial charge in [0.05, 0.1) is 5.56 Å². The molecule has 1 atom stereocenters. The monoisotopic (exact) mass is 363 g/mol. The molecule has 1 heterocycles. The Bertz CT molecular complexity index is 678. The maximum Gasteiger partial charge on any atom is 0.256 e. The van der Waals surface area contributed by atoms with E-state index in [1.807, 2.05) is 13.8 Å². The minimum absolute atomic E-state index is 0.0363. The summed E-state index contributed by atoms with van der Waals surface area (Å²) in [5.41, 5.74) is 0.0468. The molecule has 1 fully saturated rings. The summed E-state index contributed by atoms with van der Waals surface area (Å²) < 4.78 is 13.9. The number of hydrogen-bond donors (Lipinski definition) is 1. The summed E-state index contributed by atoms with van der Waals surface area (Å²) in [6, 6.07) is 5.33. The van der Waals surface area contributed by atoms with Crippen molar-refractivity contribution in [3.8, 4) is 0 Å². The van der Waals surface area contributed by atoms with Crippen molar-refractivity contribution in [1.29, 1.82) is 0 Å². The molecule has 0 bridgehead atoms. The Labute approximate surface area is 153 Å². The van der Waals surface area contributed by atoms with E-state index in [0.29, 0.717) is 32.6 Å². The molecule has 0 radical (unpaired) electrons. The third-order valence-electron chi connectivity index (χ3n) is 4.49. The van der Waals surface area contributed by atoms with Crippen LogP contribution >= 0.6 is 0 Å². The highest BCUT2D eigenvalue weighted by Gasteiger charge is 2.30. The number of hydrogen-bond acceptors (Lipinski definition) is 3. The van der Waals surface area contributed by atoms with Gasteiger partial charge in [0.1, 0.15) is 11.9 Å². The second-order valence-electron chi connectivity index (χ2n) is 6.87. The van der Waals surface area contributed by atoms with Crippen molar-refractivity contribution in [2.45, 2.75) is 33.2 Å². The average Bonchev–Trinajstić information content (AvgIpc) is 2.84. The summed E-state index contributed by atoms with van der Waals surface area (Å²) >= 11 is 0. The van der Waals surface area contributed by atoms with Gasteiger partial charge in [0.2, 0.25) is 11.8 Å². The Balaban J connectivity index is 2.05. The molecule has 1 aliphatic heterocycles.